The Labute approximate surface area is 110 Å². The van der Waals surface area contributed by atoms with Gasteiger partial charge in [0, 0.05) is 9.75 Å². The molecule has 1 rings (SSSR count). The molecular formula is C15H26OS. The second kappa shape index (κ2) is 7.88. The normalized spacial score (nSPS) is 12.9. The highest BCUT2D eigenvalue weighted by atomic mass is 32.1. The fourth-order valence-corrected chi connectivity index (χ4v) is 3.30. The van der Waals surface area contributed by atoms with Gasteiger partial charge in [0.15, 0.2) is 0 Å². The van der Waals surface area contributed by atoms with Crippen LogP contribution in [0.1, 0.15) is 73.3 Å². The molecule has 0 spiro atoms. The van der Waals surface area contributed by atoms with Crippen molar-refractivity contribution in [2.24, 2.45) is 0 Å². The van der Waals surface area contributed by atoms with E-state index < -0.39 is 0 Å². The smallest absolute Gasteiger partial charge is 0.0884 e. The van der Waals surface area contributed by atoms with Crippen LogP contribution >= 0.6 is 11.3 Å². The fourth-order valence-electron chi connectivity index (χ4n) is 2.24. The predicted molar refractivity (Wildman–Crippen MR) is 76.7 cm³/mol. The van der Waals surface area contributed by atoms with Crippen molar-refractivity contribution in [3.63, 3.8) is 0 Å². The van der Waals surface area contributed by atoms with Crippen molar-refractivity contribution in [2.75, 3.05) is 0 Å². The van der Waals surface area contributed by atoms with Gasteiger partial charge in [-0.3, -0.25) is 0 Å². The van der Waals surface area contributed by atoms with Crippen molar-refractivity contribution in [1.29, 1.82) is 0 Å². The zero-order valence-corrected chi connectivity index (χ0v) is 12.3. The highest BCUT2D eigenvalue weighted by molar-refractivity contribution is 7.12. The Kier molecular flexibility index (Phi) is 6.83. The van der Waals surface area contributed by atoms with Crippen LogP contribution < -0.4 is 0 Å². The maximum absolute atomic E-state index is 10.1. The quantitative estimate of drug-likeness (QED) is 0.636. The molecule has 1 N–H and O–H groups in total. The number of hydrogen-bond donors (Lipinski definition) is 1. The molecule has 0 saturated carbocycles. The summed E-state index contributed by atoms with van der Waals surface area (Å²) in [6, 6.07) is 2.17. The van der Waals surface area contributed by atoms with Gasteiger partial charge in [-0.25, -0.2) is 0 Å². The molecule has 0 aliphatic carbocycles. The minimum atomic E-state index is -0.236. The van der Waals surface area contributed by atoms with Crippen LogP contribution in [-0.2, 0) is 0 Å². The van der Waals surface area contributed by atoms with Crippen molar-refractivity contribution in [2.45, 2.75) is 71.8 Å². The molecule has 2 heteroatoms. The number of aryl methyl sites for hydroxylation is 2. The van der Waals surface area contributed by atoms with Crippen LogP contribution in [0.4, 0.5) is 0 Å². The molecule has 0 saturated heterocycles. The zero-order chi connectivity index (χ0) is 12.7. The molecule has 0 radical (unpaired) electrons. The summed E-state index contributed by atoms with van der Waals surface area (Å²) in [5.41, 5.74) is 1.26. The lowest BCUT2D eigenvalue weighted by Gasteiger charge is -2.09. The number of unbranched alkanes of at least 4 members (excludes halogenated alkanes) is 5. The van der Waals surface area contributed by atoms with E-state index in [0.717, 1.165) is 12.8 Å². The monoisotopic (exact) mass is 254 g/mol. The maximum Gasteiger partial charge on any atom is 0.0884 e. The Hall–Kier alpha value is -0.340. The van der Waals surface area contributed by atoms with Crippen molar-refractivity contribution in [3.8, 4) is 0 Å². The minimum absolute atomic E-state index is 0.236. The third-order valence-electron chi connectivity index (χ3n) is 3.21. The van der Waals surface area contributed by atoms with Gasteiger partial charge in [0.25, 0.3) is 0 Å². The molecule has 0 aliphatic heterocycles. The van der Waals surface area contributed by atoms with Crippen molar-refractivity contribution < 1.29 is 5.11 Å². The topological polar surface area (TPSA) is 20.2 Å². The summed E-state index contributed by atoms with van der Waals surface area (Å²) in [7, 11) is 0. The lowest BCUT2D eigenvalue weighted by molar-refractivity contribution is 0.166. The Balaban J connectivity index is 2.21. The second-order valence-corrected chi connectivity index (χ2v) is 6.26. The highest BCUT2D eigenvalue weighted by Gasteiger charge is 2.12. The highest BCUT2D eigenvalue weighted by Crippen LogP contribution is 2.30. The second-order valence-electron chi connectivity index (χ2n) is 4.98. The number of thiophene rings is 1. The van der Waals surface area contributed by atoms with E-state index in [4.69, 9.17) is 0 Å². The van der Waals surface area contributed by atoms with Crippen LogP contribution in [0.5, 0.6) is 0 Å². The number of aliphatic hydroxyl groups is 1. The Bertz CT molecular complexity index is 317. The molecule has 0 amide bonds. The fraction of sp³-hybridized carbons (Fsp3) is 0.733. The van der Waals surface area contributed by atoms with Gasteiger partial charge in [-0.1, -0.05) is 45.4 Å². The average Bonchev–Trinajstić information content (AvgIpc) is 2.62. The summed E-state index contributed by atoms with van der Waals surface area (Å²) in [5, 5.41) is 10.1. The lowest BCUT2D eigenvalue weighted by atomic mass is 10.0. The molecular weight excluding hydrogens is 228 g/mol. The zero-order valence-electron chi connectivity index (χ0n) is 11.5. The van der Waals surface area contributed by atoms with Crippen molar-refractivity contribution in [3.05, 3.63) is 21.4 Å². The molecule has 17 heavy (non-hydrogen) atoms. The third-order valence-corrected chi connectivity index (χ3v) is 4.47. The Morgan fingerprint density at radius 2 is 1.76 bits per heavy atom. The molecule has 1 nitrogen and oxygen atoms in total. The first-order chi connectivity index (χ1) is 8.15. The van der Waals surface area contributed by atoms with E-state index in [1.165, 1.54) is 47.4 Å². The SMILES string of the molecule is CCCCCCCCC(O)c1sc(C)cc1C. The maximum atomic E-state index is 10.1. The van der Waals surface area contributed by atoms with E-state index in [2.05, 4.69) is 26.8 Å². The van der Waals surface area contributed by atoms with Crippen LogP contribution in [-0.4, -0.2) is 5.11 Å². The van der Waals surface area contributed by atoms with E-state index in [1.54, 1.807) is 11.3 Å². The van der Waals surface area contributed by atoms with Gasteiger partial charge < -0.3 is 5.11 Å². The summed E-state index contributed by atoms with van der Waals surface area (Å²) in [6.07, 6.45) is 8.43. The van der Waals surface area contributed by atoms with Gasteiger partial charge in [0.1, 0.15) is 0 Å². The molecule has 1 heterocycles. The van der Waals surface area contributed by atoms with E-state index in [0.29, 0.717) is 0 Å². The molecule has 0 bridgehead atoms. The van der Waals surface area contributed by atoms with Gasteiger partial charge >= 0.3 is 0 Å². The first kappa shape index (κ1) is 14.7. The van der Waals surface area contributed by atoms with Crippen LogP contribution in [0.15, 0.2) is 6.07 Å². The van der Waals surface area contributed by atoms with Gasteiger partial charge in [-0.2, -0.15) is 0 Å². The molecule has 0 fully saturated rings. The molecule has 98 valence electrons. The number of hydrogen-bond acceptors (Lipinski definition) is 2. The lowest BCUT2D eigenvalue weighted by Crippen LogP contribution is -1.96. The van der Waals surface area contributed by atoms with Crippen LogP contribution in [0.2, 0.25) is 0 Å². The van der Waals surface area contributed by atoms with Gasteiger partial charge in [-0.05, 0) is 31.9 Å². The van der Waals surface area contributed by atoms with E-state index in [9.17, 15) is 5.11 Å². The predicted octanol–water partition coefficient (Wildman–Crippen LogP) is 5.15. The molecule has 0 aromatic carbocycles. The summed E-state index contributed by atoms with van der Waals surface area (Å²) in [6.45, 7) is 6.45. The first-order valence-corrected chi connectivity index (χ1v) is 7.71. The molecule has 1 aromatic heterocycles. The standard InChI is InChI=1S/C15H26OS/c1-4-5-6-7-8-9-10-14(16)15-12(2)11-13(3)17-15/h11,14,16H,4-10H2,1-3H3. The third kappa shape index (κ3) is 5.22. The van der Waals surface area contributed by atoms with Crippen LogP contribution in [0, 0.1) is 13.8 Å². The minimum Gasteiger partial charge on any atom is -0.388 e. The Morgan fingerprint density at radius 1 is 1.12 bits per heavy atom. The number of aliphatic hydroxyl groups excluding tert-OH is 1. The van der Waals surface area contributed by atoms with Crippen LogP contribution in [0.25, 0.3) is 0 Å². The molecule has 1 unspecified atom stereocenters. The van der Waals surface area contributed by atoms with Crippen molar-refractivity contribution in [1.82, 2.24) is 0 Å². The Morgan fingerprint density at radius 3 is 2.35 bits per heavy atom. The van der Waals surface area contributed by atoms with Gasteiger partial charge in [-0.15, -0.1) is 11.3 Å². The summed E-state index contributed by atoms with van der Waals surface area (Å²) in [4.78, 5) is 2.48. The van der Waals surface area contributed by atoms with E-state index >= 15 is 0 Å². The van der Waals surface area contributed by atoms with Gasteiger partial charge in [0.05, 0.1) is 6.10 Å². The van der Waals surface area contributed by atoms with Gasteiger partial charge in [0.2, 0.25) is 0 Å². The molecule has 1 aromatic rings. The largest absolute Gasteiger partial charge is 0.388 e. The molecule has 0 aliphatic rings. The van der Waals surface area contributed by atoms with E-state index in [-0.39, 0.29) is 6.10 Å². The van der Waals surface area contributed by atoms with Crippen LogP contribution in [0.3, 0.4) is 0 Å². The number of rotatable bonds is 8. The summed E-state index contributed by atoms with van der Waals surface area (Å²) < 4.78 is 0. The average molecular weight is 254 g/mol. The van der Waals surface area contributed by atoms with Crippen molar-refractivity contribution >= 4 is 11.3 Å². The summed E-state index contributed by atoms with van der Waals surface area (Å²) in [5.74, 6) is 0. The van der Waals surface area contributed by atoms with E-state index in [1.807, 2.05) is 0 Å². The summed E-state index contributed by atoms with van der Waals surface area (Å²) >= 11 is 1.74. The first-order valence-electron chi connectivity index (χ1n) is 6.90. The molecule has 1 atom stereocenters.